The lowest BCUT2D eigenvalue weighted by Gasteiger charge is -2.22. The van der Waals surface area contributed by atoms with Crippen LogP contribution < -0.4 is 0 Å². The van der Waals surface area contributed by atoms with E-state index < -0.39 is 0 Å². The van der Waals surface area contributed by atoms with E-state index in [4.69, 9.17) is 0 Å². The average Bonchev–Trinajstić information content (AvgIpc) is 3.35. The maximum Gasteiger partial charge on any atom is 0.268 e. The van der Waals surface area contributed by atoms with E-state index in [9.17, 15) is 9.59 Å². The normalized spacial score (nSPS) is 14.2. The van der Waals surface area contributed by atoms with Gasteiger partial charge in [0.2, 0.25) is 0 Å². The van der Waals surface area contributed by atoms with Gasteiger partial charge >= 0.3 is 0 Å². The minimum absolute atomic E-state index is 0.0947. The maximum absolute atomic E-state index is 14.0. The summed E-state index contributed by atoms with van der Waals surface area (Å²) in [6.07, 6.45) is 7.06. The van der Waals surface area contributed by atoms with Gasteiger partial charge < -0.3 is 4.57 Å². The van der Waals surface area contributed by atoms with Crippen LogP contribution in [-0.2, 0) is 0 Å². The molecule has 2 heterocycles. The molecule has 186 valence electrons. The van der Waals surface area contributed by atoms with E-state index in [1.807, 2.05) is 48.6 Å². The molecule has 5 rings (SSSR count). The smallest absolute Gasteiger partial charge is 0.268 e. The molecule has 0 bridgehead atoms. The number of aromatic nitrogens is 1. The van der Waals surface area contributed by atoms with Crippen molar-refractivity contribution in [1.29, 1.82) is 0 Å². The summed E-state index contributed by atoms with van der Waals surface area (Å²) >= 11 is 0. The van der Waals surface area contributed by atoms with Crippen molar-refractivity contribution in [3.05, 3.63) is 114 Å². The Morgan fingerprint density at radius 2 is 1.46 bits per heavy atom. The number of fused-ring (bicyclic) bond motifs is 4. The molecule has 0 fully saturated rings. The van der Waals surface area contributed by atoms with Crippen molar-refractivity contribution in [1.82, 2.24) is 9.47 Å². The van der Waals surface area contributed by atoms with Crippen molar-refractivity contribution in [3.63, 3.8) is 0 Å². The molecule has 1 aromatic heterocycles. The molecule has 0 unspecified atom stereocenters. The van der Waals surface area contributed by atoms with Crippen molar-refractivity contribution >= 4 is 33.6 Å². The summed E-state index contributed by atoms with van der Waals surface area (Å²) in [4.78, 5) is 28.9. The molecule has 0 saturated carbocycles. The van der Waals surface area contributed by atoms with Gasteiger partial charge in [0.05, 0.1) is 27.8 Å². The van der Waals surface area contributed by atoms with Crippen LogP contribution in [0.25, 0.3) is 27.5 Å². The summed E-state index contributed by atoms with van der Waals surface area (Å²) in [5.74, 6) is -0.00586. The number of carbonyl (C=O) groups is 2. The predicted octanol–water partition coefficient (Wildman–Crippen LogP) is 8.08. The van der Waals surface area contributed by atoms with Gasteiger partial charge in [-0.3, -0.25) is 9.59 Å². The Balaban J connectivity index is 1.63. The van der Waals surface area contributed by atoms with Crippen LogP contribution in [0.4, 0.5) is 0 Å². The fourth-order valence-electron chi connectivity index (χ4n) is 5.15. The molecule has 4 heteroatoms. The second kappa shape index (κ2) is 9.70. The Kier molecular flexibility index (Phi) is 6.43. The molecular weight excluding hydrogens is 456 g/mol. The number of carbonyl (C=O) groups excluding carboxylic acids is 2. The number of allylic oxidation sites excluding steroid dienone is 4. The molecule has 1 aliphatic rings. The summed E-state index contributed by atoms with van der Waals surface area (Å²) in [5.41, 5.74) is 4.81. The standard InChI is InChI=1S/C33H32N2O2/c1-21(2)13-6-7-14-24(22(3)4)23(5)34-32(36)27-17-12-20-30(31(27)33(34)37)35-28-18-10-8-15-25(28)26-16-9-11-19-29(26)35/h6-12,14-22H,5,13H2,1-4H3/b7-6-,24-14-. The van der Waals surface area contributed by atoms with Crippen LogP contribution in [0.1, 0.15) is 54.8 Å². The maximum atomic E-state index is 14.0. The zero-order valence-electron chi connectivity index (χ0n) is 21.9. The van der Waals surface area contributed by atoms with Gasteiger partial charge in [-0.25, -0.2) is 4.90 Å². The van der Waals surface area contributed by atoms with Crippen molar-refractivity contribution in [2.45, 2.75) is 34.1 Å². The molecule has 4 aromatic rings. The van der Waals surface area contributed by atoms with Crippen LogP contribution in [-0.4, -0.2) is 21.3 Å². The Morgan fingerprint density at radius 1 is 0.838 bits per heavy atom. The summed E-state index contributed by atoms with van der Waals surface area (Å²) in [5, 5.41) is 2.21. The molecule has 3 aromatic carbocycles. The van der Waals surface area contributed by atoms with Crippen LogP contribution >= 0.6 is 0 Å². The molecule has 0 radical (unpaired) electrons. The van der Waals surface area contributed by atoms with Crippen LogP contribution in [0.5, 0.6) is 0 Å². The highest BCUT2D eigenvalue weighted by atomic mass is 16.2. The lowest BCUT2D eigenvalue weighted by Crippen LogP contribution is -2.30. The van der Waals surface area contributed by atoms with E-state index in [-0.39, 0.29) is 17.7 Å². The van der Waals surface area contributed by atoms with Gasteiger partial charge in [-0.15, -0.1) is 0 Å². The number of para-hydroxylation sites is 2. The van der Waals surface area contributed by atoms with Gasteiger partial charge in [0.25, 0.3) is 11.8 Å². The van der Waals surface area contributed by atoms with Crippen molar-refractivity contribution in [2.24, 2.45) is 11.8 Å². The lowest BCUT2D eigenvalue weighted by molar-refractivity contribution is 0.0707. The number of hydrogen-bond donors (Lipinski definition) is 0. The fraction of sp³-hybridized carbons (Fsp3) is 0.212. The number of hydrogen-bond acceptors (Lipinski definition) is 2. The number of amides is 2. The Hall–Kier alpha value is -4.18. The van der Waals surface area contributed by atoms with Gasteiger partial charge in [0.1, 0.15) is 0 Å². The van der Waals surface area contributed by atoms with E-state index in [2.05, 4.69) is 69.2 Å². The molecule has 0 saturated heterocycles. The third kappa shape index (κ3) is 4.13. The highest BCUT2D eigenvalue weighted by molar-refractivity contribution is 6.25. The van der Waals surface area contributed by atoms with Crippen LogP contribution in [0.15, 0.2) is 103 Å². The van der Waals surface area contributed by atoms with E-state index in [1.165, 1.54) is 4.90 Å². The molecule has 4 nitrogen and oxygen atoms in total. The highest BCUT2D eigenvalue weighted by Gasteiger charge is 2.40. The zero-order valence-corrected chi connectivity index (χ0v) is 21.9. The van der Waals surface area contributed by atoms with Crippen LogP contribution in [0, 0.1) is 11.8 Å². The Bertz CT molecular complexity index is 1560. The van der Waals surface area contributed by atoms with E-state index >= 15 is 0 Å². The molecule has 0 atom stereocenters. The Morgan fingerprint density at radius 3 is 2.05 bits per heavy atom. The van der Waals surface area contributed by atoms with E-state index in [0.29, 0.717) is 28.4 Å². The van der Waals surface area contributed by atoms with Crippen LogP contribution in [0.2, 0.25) is 0 Å². The van der Waals surface area contributed by atoms with Gasteiger partial charge in [-0.2, -0.15) is 0 Å². The summed E-state index contributed by atoms with van der Waals surface area (Å²) in [7, 11) is 0. The SMILES string of the molecule is C=C(/C(=C\C=C/CC(C)C)C(C)C)N1C(=O)c2cccc(-n3c4ccccc4c4ccccc43)c2C1=O. The van der Waals surface area contributed by atoms with Crippen molar-refractivity contribution in [2.75, 3.05) is 0 Å². The summed E-state index contributed by atoms with van der Waals surface area (Å²) in [6.45, 7) is 12.7. The number of rotatable bonds is 7. The van der Waals surface area contributed by atoms with Crippen LogP contribution in [0.3, 0.4) is 0 Å². The second-order valence-corrected chi connectivity index (χ2v) is 10.3. The molecular formula is C33H32N2O2. The van der Waals surface area contributed by atoms with Crippen molar-refractivity contribution < 1.29 is 9.59 Å². The third-order valence-corrected chi connectivity index (χ3v) is 6.96. The predicted molar refractivity (Wildman–Crippen MR) is 152 cm³/mol. The van der Waals surface area contributed by atoms with Gasteiger partial charge in [-0.05, 0) is 48.1 Å². The molecule has 0 aliphatic carbocycles. The molecule has 0 N–H and O–H groups in total. The van der Waals surface area contributed by atoms with Gasteiger partial charge in [-0.1, -0.05) is 95.0 Å². The number of nitrogens with zero attached hydrogens (tertiary/aromatic N) is 2. The van der Waals surface area contributed by atoms with Gasteiger partial charge in [0.15, 0.2) is 0 Å². The first-order chi connectivity index (χ1) is 17.8. The minimum Gasteiger partial charge on any atom is -0.308 e. The number of benzene rings is 3. The molecule has 0 spiro atoms. The minimum atomic E-state index is -0.333. The largest absolute Gasteiger partial charge is 0.308 e. The fourth-order valence-corrected chi connectivity index (χ4v) is 5.15. The highest BCUT2D eigenvalue weighted by Crippen LogP contribution is 2.38. The zero-order chi connectivity index (χ0) is 26.3. The first-order valence-corrected chi connectivity index (χ1v) is 12.9. The topological polar surface area (TPSA) is 42.3 Å². The molecule has 1 aliphatic heterocycles. The monoisotopic (exact) mass is 488 g/mol. The van der Waals surface area contributed by atoms with E-state index in [0.717, 1.165) is 33.8 Å². The first-order valence-electron chi connectivity index (χ1n) is 12.9. The molecule has 37 heavy (non-hydrogen) atoms. The average molecular weight is 489 g/mol. The molecule has 2 amide bonds. The number of imide groups is 1. The van der Waals surface area contributed by atoms with Crippen molar-refractivity contribution in [3.8, 4) is 5.69 Å². The summed E-state index contributed by atoms with van der Waals surface area (Å²) < 4.78 is 2.09. The Labute approximate surface area is 218 Å². The van der Waals surface area contributed by atoms with E-state index in [1.54, 1.807) is 6.07 Å². The summed E-state index contributed by atoms with van der Waals surface area (Å²) in [6, 6.07) is 21.8. The first kappa shape index (κ1) is 24.5. The quantitative estimate of drug-likeness (QED) is 0.195. The lowest BCUT2D eigenvalue weighted by atomic mass is 9.98. The third-order valence-electron chi connectivity index (χ3n) is 6.96. The second-order valence-electron chi connectivity index (χ2n) is 10.3. The van der Waals surface area contributed by atoms with Gasteiger partial charge in [0, 0.05) is 16.5 Å².